The smallest absolute Gasteiger partial charge is 0.270 e. The van der Waals surface area contributed by atoms with E-state index in [9.17, 15) is 9.59 Å². The van der Waals surface area contributed by atoms with Gasteiger partial charge < -0.3 is 9.47 Å². The lowest BCUT2D eigenvalue weighted by Crippen LogP contribution is -2.56. The van der Waals surface area contributed by atoms with Crippen LogP contribution in [0.5, 0.6) is 11.5 Å². The van der Waals surface area contributed by atoms with E-state index in [4.69, 9.17) is 21.7 Å². The molecular formula is C32H26N2O4S. The summed E-state index contributed by atoms with van der Waals surface area (Å²) in [6.45, 7) is 2.33. The van der Waals surface area contributed by atoms with E-state index >= 15 is 0 Å². The van der Waals surface area contributed by atoms with E-state index in [-0.39, 0.29) is 10.7 Å². The lowest BCUT2D eigenvalue weighted by Gasteiger charge is -2.36. The molecule has 7 heteroatoms. The number of rotatable bonds is 7. The predicted octanol–water partition coefficient (Wildman–Crippen LogP) is 6.33. The number of anilines is 2. The number of amides is 2. The lowest BCUT2D eigenvalue weighted by molar-refractivity contribution is -0.120. The molecule has 0 spiro atoms. The summed E-state index contributed by atoms with van der Waals surface area (Å²) in [4.78, 5) is 30.4. The SMILES string of the molecule is COc1ccc(C=C2C(=O)N(c3ccccc3)C(=S)N(c3ccccc3)C2=O)c(OCc2ccc(C)cc2)c1. The van der Waals surface area contributed by atoms with Gasteiger partial charge in [0.05, 0.1) is 18.5 Å². The maximum absolute atomic E-state index is 13.8. The number of ether oxygens (including phenoxy) is 2. The minimum atomic E-state index is -0.510. The number of aryl methyl sites for hydroxylation is 1. The van der Waals surface area contributed by atoms with Gasteiger partial charge in [0, 0.05) is 11.6 Å². The van der Waals surface area contributed by atoms with E-state index < -0.39 is 11.8 Å². The lowest BCUT2D eigenvalue weighted by atomic mass is 10.0. The number of para-hydroxylation sites is 2. The molecule has 4 aromatic carbocycles. The van der Waals surface area contributed by atoms with Gasteiger partial charge in [-0.3, -0.25) is 19.4 Å². The van der Waals surface area contributed by atoms with Crippen molar-refractivity contribution < 1.29 is 19.1 Å². The maximum atomic E-state index is 13.8. The van der Waals surface area contributed by atoms with Crippen molar-refractivity contribution in [2.24, 2.45) is 0 Å². The van der Waals surface area contributed by atoms with E-state index in [0.29, 0.717) is 35.0 Å². The molecule has 1 aliphatic rings. The van der Waals surface area contributed by atoms with Crippen molar-refractivity contribution in [3.8, 4) is 11.5 Å². The normalized spacial score (nSPS) is 13.5. The fourth-order valence-corrected chi connectivity index (χ4v) is 4.60. The fraction of sp³-hybridized carbons (Fsp3) is 0.0938. The molecule has 0 saturated carbocycles. The molecular weight excluding hydrogens is 508 g/mol. The van der Waals surface area contributed by atoms with Crippen LogP contribution in [0, 0.1) is 6.92 Å². The number of thiocarbonyl (C=S) groups is 1. The minimum Gasteiger partial charge on any atom is -0.497 e. The molecule has 1 fully saturated rings. The molecule has 1 heterocycles. The van der Waals surface area contributed by atoms with Crippen LogP contribution in [-0.4, -0.2) is 24.0 Å². The Bertz CT molecular complexity index is 1490. The highest BCUT2D eigenvalue weighted by Gasteiger charge is 2.41. The van der Waals surface area contributed by atoms with Gasteiger partial charge in [-0.15, -0.1) is 0 Å². The van der Waals surface area contributed by atoms with E-state index in [2.05, 4.69) is 0 Å². The summed E-state index contributed by atoms with van der Waals surface area (Å²) in [7, 11) is 1.57. The summed E-state index contributed by atoms with van der Waals surface area (Å²) >= 11 is 5.69. The van der Waals surface area contributed by atoms with Gasteiger partial charge in [-0.2, -0.15) is 0 Å². The first-order chi connectivity index (χ1) is 19.0. The first-order valence-electron chi connectivity index (χ1n) is 12.4. The molecule has 0 aliphatic carbocycles. The first-order valence-corrected chi connectivity index (χ1v) is 12.8. The number of carbonyl (C=O) groups is 2. The average molecular weight is 535 g/mol. The van der Waals surface area contributed by atoms with Crippen LogP contribution in [0.4, 0.5) is 11.4 Å². The van der Waals surface area contributed by atoms with Gasteiger partial charge in [-0.05, 0) is 67.2 Å². The van der Waals surface area contributed by atoms with Gasteiger partial charge in [0.1, 0.15) is 23.7 Å². The Hall–Kier alpha value is -4.75. The monoisotopic (exact) mass is 534 g/mol. The molecule has 2 amide bonds. The summed E-state index contributed by atoms with van der Waals surface area (Å²) in [5.41, 5.74) is 3.80. The van der Waals surface area contributed by atoms with Crippen LogP contribution in [0.25, 0.3) is 6.08 Å². The van der Waals surface area contributed by atoms with Gasteiger partial charge in [0.25, 0.3) is 11.8 Å². The van der Waals surface area contributed by atoms with Crippen molar-refractivity contribution in [2.45, 2.75) is 13.5 Å². The molecule has 1 saturated heterocycles. The van der Waals surface area contributed by atoms with Crippen molar-refractivity contribution in [2.75, 3.05) is 16.9 Å². The van der Waals surface area contributed by atoms with E-state index in [1.807, 2.05) is 67.6 Å². The molecule has 6 nitrogen and oxygen atoms in total. The highest BCUT2D eigenvalue weighted by atomic mass is 32.1. The second-order valence-electron chi connectivity index (χ2n) is 8.97. The Kier molecular flexibility index (Phi) is 7.52. The fourth-order valence-electron chi connectivity index (χ4n) is 4.23. The molecule has 194 valence electrons. The zero-order valence-corrected chi connectivity index (χ0v) is 22.4. The first kappa shape index (κ1) is 25.9. The molecule has 5 rings (SSSR count). The van der Waals surface area contributed by atoms with E-state index in [0.717, 1.165) is 11.1 Å². The third kappa shape index (κ3) is 5.44. The molecule has 0 bridgehead atoms. The summed E-state index contributed by atoms with van der Waals surface area (Å²) in [6.07, 6.45) is 1.56. The van der Waals surface area contributed by atoms with Gasteiger partial charge in [-0.25, -0.2) is 0 Å². The molecule has 0 radical (unpaired) electrons. The third-order valence-electron chi connectivity index (χ3n) is 6.31. The van der Waals surface area contributed by atoms with Gasteiger partial charge in [-0.1, -0.05) is 66.2 Å². The Morgan fingerprint density at radius 2 is 1.33 bits per heavy atom. The summed E-state index contributed by atoms with van der Waals surface area (Å²) < 4.78 is 11.6. The van der Waals surface area contributed by atoms with Crippen LogP contribution in [0.3, 0.4) is 0 Å². The molecule has 0 N–H and O–H groups in total. The van der Waals surface area contributed by atoms with Crippen molar-refractivity contribution in [1.29, 1.82) is 0 Å². The Morgan fingerprint density at radius 3 is 1.87 bits per heavy atom. The van der Waals surface area contributed by atoms with Crippen LogP contribution in [0.1, 0.15) is 16.7 Å². The quantitative estimate of drug-likeness (QED) is 0.158. The predicted molar refractivity (Wildman–Crippen MR) is 157 cm³/mol. The molecule has 0 aromatic heterocycles. The third-order valence-corrected chi connectivity index (χ3v) is 6.68. The van der Waals surface area contributed by atoms with E-state index in [1.54, 1.807) is 55.7 Å². The topological polar surface area (TPSA) is 59.1 Å². The zero-order valence-electron chi connectivity index (χ0n) is 21.5. The molecule has 0 unspecified atom stereocenters. The summed E-state index contributed by atoms with van der Waals surface area (Å²) in [5.74, 6) is 0.0522. The van der Waals surface area contributed by atoms with Crippen molar-refractivity contribution in [3.05, 3.63) is 125 Å². The number of carbonyl (C=O) groups excluding carboxylic acids is 2. The largest absolute Gasteiger partial charge is 0.497 e. The van der Waals surface area contributed by atoms with Crippen molar-refractivity contribution in [3.63, 3.8) is 0 Å². The standard InChI is InChI=1S/C32H26N2O4S/c1-22-13-15-23(16-14-22)21-38-29-20-27(37-2)18-17-24(29)19-28-30(35)33(25-9-5-3-6-10-25)32(39)34(31(28)36)26-11-7-4-8-12-26/h3-20H,21H2,1-2H3. The number of benzene rings is 4. The molecule has 1 aliphatic heterocycles. The molecule has 0 atom stereocenters. The number of methoxy groups -OCH3 is 1. The number of hydrogen-bond acceptors (Lipinski definition) is 5. The van der Waals surface area contributed by atoms with Gasteiger partial charge in [0.15, 0.2) is 5.11 Å². The molecule has 4 aromatic rings. The second kappa shape index (κ2) is 11.3. The maximum Gasteiger partial charge on any atom is 0.270 e. The summed E-state index contributed by atoms with van der Waals surface area (Å²) in [5, 5.41) is 0.0881. The Labute approximate surface area is 232 Å². The van der Waals surface area contributed by atoms with Gasteiger partial charge in [0.2, 0.25) is 0 Å². The van der Waals surface area contributed by atoms with Gasteiger partial charge >= 0.3 is 0 Å². The number of nitrogens with zero attached hydrogens (tertiary/aromatic N) is 2. The van der Waals surface area contributed by atoms with Crippen LogP contribution in [-0.2, 0) is 16.2 Å². The minimum absolute atomic E-state index is 0.0401. The van der Waals surface area contributed by atoms with Crippen LogP contribution >= 0.6 is 12.2 Å². The van der Waals surface area contributed by atoms with Crippen LogP contribution in [0.2, 0.25) is 0 Å². The van der Waals surface area contributed by atoms with Crippen LogP contribution < -0.4 is 19.3 Å². The highest BCUT2D eigenvalue weighted by molar-refractivity contribution is 7.81. The van der Waals surface area contributed by atoms with E-state index in [1.165, 1.54) is 9.80 Å². The highest BCUT2D eigenvalue weighted by Crippen LogP contribution is 2.33. The summed E-state index contributed by atoms with van der Waals surface area (Å²) in [6, 6.07) is 31.4. The zero-order chi connectivity index (χ0) is 27.4. The molecule has 39 heavy (non-hydrogen) atoms. The Morgan fingerprint density at radius 1 is 0.769 bits per heavy atom. The second-order valence-corrected chi connectivity index (χ2v) is 9.34. The Balaban J connectivity index is 1.58. The average Bonchev–Trinajstić information content (AvgIpc) is 2.96. The van der Waals surface area contributed by atoms with Crippen molar-refractivity contribution in [1.82, 2.24) is 0 Å². The number of hydrogen-bond donors (Lipinski definition) is 0. The van der Waals surface area contributed by atoms with Crippen molar-refractivity contribution >= 4 is 46.6 Å². The van der Waals surface area contributed by atoms with Crippen LogP contribution in [0.15, 0.2) is 109 Å².